The molecule has 1 saturated heterocycles. The predicted molar refractivity (Wildman–Crippen MR) is 122 cm³/mol. The van der Waals surface area contributed by atoms with Crippen LogP contribution in [0.5, 0.6) is 0 Å². The number of hydrogen-bond donors (Lipinski definition) is 2. The van der Waals surface area contributed by atoms with Crippen LogP contribution in [0.25, 0.3) is 0 Å². The summed E-state index contributed by atoms with van der Waals surface area (Å²) in [5, 5.41) is 6.41. The van der Waals surface area contributed by atoms with E-state index in [4.69, 9.17) is 4.74 Å². The van der Waals surface area contributed by atoms with Gasteiger partial charge >= 0.3 is 12.3 Å². The summed E-state index contributed by atoms with van der Waals surface area (Å²) in [5.74, 6) is 0.599. The second kappa shape index (κ2) is 11.7. The lowest BCUT2D eigenvalue weighted by Gasteiger charge is -2.40. The molecule has 7 nitrogen and oxygen atoms in total. The quantitative estimate of drug-likeness (QED) is 0.317. The average molecular weight is 558 g/mol. The summed E-state index contributed by atoms with van der Waals surface area (Å²) in [4.78, 5) is 17.7. The smallest absolute Gasteiger partial charge is 0.411 e. The molecule has 0 aromatic heterocycles. The van der Waals surface area contributed by atoms with Crippen LogP contribution in [0.4, 0.5) is 18.0 Å². The number of nitrogens with one attached hydrogen (secondary N) is 2. The van der Waals surface area contributed by atoms with Gasteiger partial charge in [0.1, 0.15) is 12.2 Å². The number of amides is 1. The highest BCUT2D eigenvalue weighted by atomic mass is 127. The molecule has 1 heterocycles. The number of carbonyl (C=O) groups excluding carboxylic acids is 1. The zero-order chi connectivity index (χ0) is 22.4. The van der Waals surface area contributed by atoms with E-state index in [1.54, 1.807) is 24.1 Å². The minimum atomic E-state index is -4.32. The van der Waals surface area contributed by atoms with Crippen molar-refractivity contribution in [3.05, 3.63) is 35.4 Å². The van der Waals surface area contributed by atoms with Gasteiger partial charge in [0, 0.05) is 26.7 Å². The van der Waals surface area contributed by atoms with Crippen molar-refractivity contribution in [2.24, 2.45) is 4.99 Å². The number of aliphatic imine (C=N–C) groups is 1. The van der Waals surface area contributed by atoms with Gasteiger partial charge in [-0.05, 0) is 31.9 Å². The molecule has 0 radical (unpaired) electrons. The van der Waals surface area contributed by atoms with Crippen LogP contribution in [-0.4, -0.2) is 61.5 Å². The van der Waals surface area contributed by atoms with Crippen molar-refractivity contribution < 1.29 is 27.4 Å². The third-order valence-corrected chi connectivity index (χ3v) is 4.12. The molecular formula is C20H30F3IN4O3. The summed E-state index contributed by atoms with van der Waals surface area (Å²) in [6, 6.07) is 7.18. The largest absolute Gasteiger partial charge is 0.444 e. The number of likely N-dealkylation sites (tertiary alicyclic amines) is 1. The van der Waals surface area contributed by atoms with Crippen molar-refractivity contribution in [3.63, 3.8) is 0 Å². The van der Waals surface area contributed by atoms with Crippen LogP contribution in [0.15, 0.2) is 29.3 Å². The maximum atomic E-state index is 12.1. The molecule has 1 fully saturated rings. The van der Waals surface area contributed by atoms with Crippen molar-refractivity contribution in [1.82, 2.24) is 15.5 Å². The van der Waals surface area contributed by atoms with E-state index in [1.807, 2.05) is 32.9 Å². The average Bonchev–Trinajstić information content (AvgIpc) is 2.58. The summed E-state index contributed by atoms with van der Waals surface area (Å²) in [6.45, 7) is 5.68. The Bertz CT molecular complexity index is 731. The van der Waals surface area contributed by atoms with Gasteiger partial charge in [-0.1, -0.05) is 24.3 Å². The topological polar surface area (TPSA) is 75.2 Å². The summed E-state index contributed by atoms with van der Waals surface area (Å²) in [6.07, 6.45) is -4.65. The first-order chi connectivity index (χ1) is 13.9. The van der Waals surface area contributed by atoms with E-state index in [2.05, 4.69) is 20.4 Å². The molecule has 176 valence electrons. The number of hydrogen-bond acceptors (Lipinski definition) is 4. The lowest BCUT2D eigenvalue weighted by atomic mass is 10.1. The molecule has 0 saturated carbocycles. The maximum absolute atomic E-state index is 12.1. The number of alkyl halides is 3. The monoisotopic (exact) mass is 558 g/mol. The zero-order valence-corrected chi connectivity index (χ0v) is 20.4. The SMILES string of the molecule is CN=C(NCc1ccc(COCC(F)(F)F)cc1)NC1CN(C(=O)OC(C)(C)C)C1.I. The second-order valence-electron chi connectivity index (χ2n) is 8.08. The first-order valence-corrected chi connectivity index (χ1v) is 9.62. The van der Waals surface area contributed by atoms with Crippen LogP contribution in [0, 0.1) is 0 Å². The van der Waals surface area contributed by atoms with E-state index >= 15 is 0 Å². The number of guanidine groups is 1. The van der Waals surface area contributed by atoms with Crippen LogP contribution in [-0.2, 0) is 22.6 Å². The fourth-order valence-electron chi connectivity index (χ4n) is 2.66. The lowest BCUT2D eigenvalue weighted by Crippen LogP contribution is -2.63. The van der Waals surface area contributed by atoms with E-state index in [1.165, 1.54) is 0 Å². The molecule has 0 bridgehead atoms. The Hall–Kier alpha value is -1.76. The van der Waals surface area contributed by atoms with E-state index < -0.39 is 18.4 Å². The fraction of sp³-hybridized carbons (Fsp3) is 0.600. The van der Waals surface area contributed by atoms with Crippen LogP contribution in [0.2, 0.25) is 0 Å². The highest BCUT2D eigenvalue weighted by Crippen LogP contribution is 2.16. The molecule has 2 N–H and O–H groups in total. The first kappa shape index (κ1) is 27.3. The molecule has 0 unspecified atom stereocenters. The lowest BCUT2D eigenvalue weighted by molar-refractivity contribution is -0.176. The van der Waals surface area contributed by atoms with Gasteiger partial charge in [-0.15, -0.1) is 24.0 Å². The Morgan fingerprint density at radius 3 is 2.26 bits per heavy atom. The van der Waals surface area contributed by atoms with Crippen LogP contribution in [0.3, 0.4) is 0 Å². The van der Waals surface area contributed by atoms with Crippen molar-refractivity contribution in [1.29, 1.82) is 0 Å². The van der Waals surface area contributed by atoms with Gasteiger partial charge in [-0.2, -0.15) is 13.2 Å². The van der Waals surface area contributed by atoms with Gasteiger partial charge in [-0.25, -0.2) is 4.79 Å². The molecule has 0 atom stereocenters. The number of halogens is 4. The molecule has 2 rings (SSSR count). The Kier molecular flexibility index (Phi) is 10.3. The van der Waals surface area contributed by atoms with E-state index in [9.17, 15) is 18.0 Å². The minimum Gasteiger partial charge on any atom is -0.444 e. The standard InChI is InChI=1S/C20H29F3N4O3.HI/c1-19(2,3)30-18(28)27-10-16(11-27)26-17(24-4)25-9-14-5-7-15(8-6-14)12-29-13-20(21,22)23;/h5-8,16H,9-13H2,1-4H3,(H2,24,25,26);1H. The van der Waals surface area contributed by atoms with Crippen molar-refractivity contribution in [3.8, 4) is 0 Å². The number of nitrogens with zero attached hydrogens (tertiary/aromatic N) is 2. The molecule has 0 spiro atoms. The predicted octanol–water partition coefficient (Wildman–Crippen LogP) is 3.67. The normalized spacial score (nSPS) is 15.1. The Morgan fingerprint density at radius 1 is 1.16 bits per heavy atom. The van der Waals surface area contributed by atoms with Gasteiger partial charge in [-0.3, -0.25) is 4.99 Å². The van der Waals surface area contributed by atoms with Crippen LogP contribution in [0.1, 0.15) is 31.9 Å². The minimum absolute atomic E-state index is 0. The van der Waals surface area contributed by atoms with Crippen molar-refractivity contribution in [2.75, 3.05) is 26.7 Å². The van der Waals surface area contributed by atoms with Crippen LogP contribution >= 0.6 is 24.0 Å². The number of ether oxygens (including phenoxy) is 2. The fourth-order valence-corrected chi connectivity index (χ4v) is 2.66. The van der Waals surface area contributed by atoms with Crippen molar-refractivity contribution >= 4 is 36.0 Å². The molecular weight excluding hydrogens is 528 g/mol. The van der Waals surface area contributed by atoms with E-state index in [0.29, 0.717) is 31.2 Å². The molecule has 1 aliphatic heterocycles. The Morgan fingerprint density at radius 2 is 1.74 bits per heavy atom. The molecule has 31 heavy (non-hydrogen) atoms. The van der Waals surface area contributed by atoms with Gasteiger partial charge in [0.15, 0.2) is 5.96 Å². The Balaban J connectivity index is 0.00000480. The molecule has 1 aromatic carbocycles. The second-order valence-corrected chi connectivity index (χ2v) is 8.08. The number of carbonyl (C=O) groups is 1. The molecule has 1 aromatic rings. The van der Waals surface area contributed by atoms with Crippen LogP contribution < -0.4 is 10.6 Å². The first-order valence-electron chi connectivity index (χ1n) is 9.62. The summed E-state index contributed by atoms with van der Waals surface area (Å²) >= 11 is 0. The van der Waals surface area contributed by atoms with Gasteiger partial charge in [0.2, 0.25) is 0 Å². The third-order valence-electron chi connectivity index (χ3n) is 4.12. The Labute approximate surface area is 197 Å². The molecule has 1 aliphatic rings. The maximum Gasteiger partial charge on any atom is 0.411 e. The summed E-state index contributed by atoms with van der Waals surface area (Å²) in [5.41, 5.74) is 1.09. The highest BCUT2D eigenvalue weighted by molar-refractivity contribution is 14.0. The van der Waals surface area contributed by atoms with E-state index in [-0.39, 0.29) is 42.7 Å². The summed E-state index contributed by atoms with van der Waals surface area (Å²) in [7, 11) is 1.65. The van der Waals surface area contributed by atoms with Gasteiger partial charge in [0.05, 0.1) is 12.6 Å². The van der Waals surface area contributed by atoms with Gasteiger partial charge < -0.3 is 25.0 Å². The zero-order valence-electron chi connectivity index (χ0n) is 18.1. The van der Waals surface area contributed by atoms with Crippen molar-refractivity contribution in [2.45, 2.75) is 51.7 Å². The highest BCUT2D eigenvalue weighted by Gasteiger charge is 2.34. The number of benzene rings is 1. The molecule has 0 aliphatic carbocycles. The third kappa shape index (κ3) is 10.4. The molecule has 11 heteroatoms. The van der Waals surface area contributed by atoms with Gasteiger partial charge in [0.25, 0.3) is 0 Å². The molecule has 1 amide bonds. The van der Waals surface area contributed by atoms with E-state index in [0.717, 1.165) is 5.56 Å². The number of rotatable bonds is 6. The summed E-state index contributed by atoms with van der Waals surface area (Å²) < 4.78 is 46.3.